The van der Waals surface area contributed by atoms with E-state index in [4.69, 9.17) is 0 Å². The van der Waals surface area contributed by atoms with Gasteiger partial charge in [-0.05, 0) is 6.92 Å². The molecule has 0 aliphatic carbocycles. The van der Waals surface area contributed by atoms with Crippen molar-refractivity contribution < 1.29 is 0 Å². The summed E-state index contributed by atoms with van der Waals surface area (Å²) in [5, 5.41) is 7.74. The van der Waals surface area contributed by atoms with Gasteiger partial charge in [0.2, 0.25) is 0 Å². The molecule has 0 saturated heterocycles. The molecule has 0 saturated carbocycles. The molecule has 2 heterocycles. The molecule has 0 spiro atoms. The lowest BCUT2D eigenvalue weighted by atomic mass is 10.4. The Labute approximate surface area is 104 Å². The third kappa shape index (κ3) is 1.78. The maximum absolute atomic E-state index is 11.9. The van der Waals surface area contributed by atoms with Gasteiger partial charge in [-0.2, -0.15) is 0 Å². The summed E-state index contributed by atoms with van der Waals surface area (Å²) in [6.07, 6.45) is 0. The summed E-state index contributed by atoms with van der Waals surface area (Å²) in [5.74, 6) is 0.410. The Morgan fingerprint density at radius 3 is 2.41 bits per heavy atom. The van der Waals surface area contributed by atoms with E-state index in [2.05, 4.69) is 31.1 Å². The molecule has 8 heteroatoms. The first kappa shape index (κ1) is 11.9. The van der Waals surface area contributed by atoms with Gasteiger partial charge in [0, 0.05) is 14.1 Å². The largest absolute Gasteiger partial charge is 0.332 e. The molecule has 0 bridgehead atoms. The minimum absolute atomic E-state index is 0.110. The topological polar surface area (TPSA) is 82.7 Å². The lowest BCUT2D eigenvalue weighted by Gasteiger charge is -2.06. The first-order valence-electron chi connectivity index (χ1n) is 4.88. The summed E-state index contributed by atoms with van der Waals surface area (Å²) in [6, 6.07) is 0. The minimum Gasteiger partial charge on any atom is -0.278 e. The van der Waals surface area contributed by atoms with Gasteiger partial charge in [-0.1, -0.05) is 15.9 Å². The highest BCUT2D eigenvalue weighted by molar-refractivity contribution is 9.09. The van der Waals surface area contributed by atoms with Crippen molar-refractivity contribution >= 4 is 27.1 Å². The second-order valence-corrected chi connectivity index (χ2v) is 5.04. The summed E-state index contributed by atoms with van der Waals surface area (Å²) >= 11 is 3.30. The highest BCUT2D eigenvalue weighted by Crippen LogP contribution is 2.16. The minimum atomic E-state index is -0.465. The number of nitrogens with zero attached hydrogens (tertiary/aromatic N) is 5. The van der Waals surface area contributed by atoms with Crippen molar-refractivity contribution in [3.05, 3.63) is 26.7 Å². The van der Waals surface area contributed by atoms with Crippen LogP contribution in [0.4, 0.5) is 0 Å². The second-order valence-electron chi connectivity index (χ2n) is 3.66. The highest BCUT2D eigenvalue weighted by atomic mass is 79.9. The third-order valence-electron chi connectivity index (χ3n) is 2.44. The highest BCUT2D eigenvalue weighted by Gasteiger charge is 2.14. The molecule has 7 nitrogen and oxygen atoms in total. The lowest BCUT2D eigenvalue weighted by Crippen LogP contribution is -2.38. The molecule has 2 aromatic rings. The number of aryl methyl sites for hydroxylation is 1. The molecule has 0 fully saturated rings. The van der Waals surface area contributed by atoms with Crippen LogP contribution in [0.3, 0.4) is 0 Å². The van der Waals surface area contributed by atoms with Gasteiger partial charge in [-0.15, -0.1) is 10.2 Å². The molecule has 17 heavy (non-hydrogen) atoms. The van der Waals surface area contributed by atoms with Crippen molar-refractivity contribution in [3.63, 3.8) is 0 Å². The van der Waals surface area contributed by atoms with Crippen LogP contribution >= 0.6 is 15.9 Å². The number of hydrogen-bond donors (Lipinski definition) is 0. The van der Waals surface area contributed by atoms with Crippen molar-refractivity contribution in [2.75, 3.05) is 0 Å². The van der Waals surface area contributed by atoms with Crippen LogP contribution in [0.25, 0.3) is 11.2 Å². The third-order valence-corrected chi connectivity index (χ3v) is 2.85. The van der Waals surface area contributed by atoms with E-state index in [0.717, 1.165) is 4.57 Å². The van der Waals surface area contributed by atoms with Crippen molar-refractivity contribution in [1.82, 2.24) is 24.3 Å². The quantitative estimate of drug-likeness (QED) is 0.686. The monoisotopic (exact) mass is 299 g/mol. The van der Waals surface area contributed by atoms with E-state index in [1.165, 1.54) is 18.7 Å². The molecular weight excluding hydrogens is 290 g/mol. The van der Waals surface area contributed by atoms with E-state index in [-0.39, 0.29) is 16.0 Å². The van der Waals surface area contributed by atoms with Crippen LogP contribution in [0.2, 0.25) is 0 Å². The van der Waals surface area contributed by atoms with Gasteiger partial charge in [0.25, 0.3) is 5.56 Å². The molecule has 2 rings (SSSR count). The number of hydrogen-bond acceptors (Lipinski definition) is 5. The Bertz CT molecular complexity index is 703. The summed E-state index contributed by atoms with van der Waals surface area (Å²) in [7, 11) is 2.93. The Morgan fingerprint density at radius 2 is 1.82 bits per heavy atom. The first-order valence-corrected chi connectivity index (χ1v) is 5.79. The summed E-state index contributed by atoms with van der Waals surface area (Å²) in [6.45, 7) is 1.83. The van der Waals surface area contributed by atoms with Crippen LogP contribution < -0.4 is 11.2 Å². The average molecular weight is 300 g/mol. The number of fused-ring (bicyclic) bond motifs is 1. The average Bonchev–Trinajstić information content (AvgIpc) is 2.32. The van der Waals surface area contributed by atoms with Gasteiger partial charge in [0.1, 0.15) is 0 Å². The fourth-order valence-corrected chi connectivity index (χ4v) is 1.63. The van der Waals surface area contributed by atoms with E-state index >= 15 is 0 Å². The smallest absolute Gasteiger partial charge is 0.278 e. The molecule has 0 amide bonds. The Balaban J connectivity index is 2.97. The van der Waals surface area contributed by atoms with Crippen molar-refractivity contribution in [2.45, 2.75) is 11.8 Å². The zero-order chi connectivity index (χ0) is 12.7. The summed E-state index contributed by atoms with van der Waals surface area (Å²) in [4.78, 5) is 27.5. The molecule has 0 aromatic carbocycles. The maximum atomic E-state index is 11.9. The van der Waals surface area contributed by atoms with E-state index in [1.54, 1.807) is 0 Å². The standard InChI is InChI=1S/C9H10BrN5O2/c1-4(10)6-11-5-7(13-12-6)14(2)9(17)15(3)8(5)16/h4H,1-3H3. The molecule has 0 radical (unpaired) electrons. The van der Waals surface area contributed by atoms with Crippen LogP contribution in [-0.2, 0) is 14.1 Å². The Kier molecular flexibility index (Phi) is 2.82. The second kappa shape index (κ2) is 4.02. The normalized spacial score (nSPS) is 12.9. The zero-order valence-electron chi connectivity index (χ0n) is 9.51. The van der Waals surface area contributed by atoms with Crippen molar-refractivity contribution in [1.29, 1.82) is 0 Å². The van der Waals surface area contributed by atoms with Gasteiger partial charge < -0.3 is 0 Å². The van der Waals surface area contributed by atoms with Gasteiger partial charge in [-0.25, -0.2) is 9.78 Å². The number of rotatable bonds is 1. The van der Waals surface area contributed by atoms with E-state index in [1.807, 2.05) is 6.92 Å². The molecule has 1 unspecified atom stereocenters. The molecular formula is C9H10BrN5O2. The zero-order valence-corrected chi connectivity index (χ0v) is 11.1. The van der Waals surface area contributed by atoms with Crippen LogP contribution in [0.1, 0.15) is 17.6 Å². The molecule has 1 atom stereocenters. The predicted octanol–water partition coefficient (Wildman–Crippen LogP) is -0.122. The Hall–Kier alpha value is -1.57. The van der Waals surface area contributed by atoms with Crippen LogP contribution in [0.15, 0.2) is 9.59 Å². The molecule has 2 aromatic heterocycles. The van der Waals surface area contributed by atoms with Crippen molar-refractivity contribution in [2.24, 2.45) is 14.1 Å². The van der Waals surface area contributed by atoms with Crippen molar-refractivity contribution in [3.8, 4) is 0 Å². The number of aromatic nitrogens is 5. The van der Waals surface area contributed by atoms with E-state index in [9.17, 15) is 9.59 Å². The fraction of sp³-hybridized carbons (Fsp3) is 0.444. The van der Waals surface area contributed by atoms with Gasteiger partial charge >= 0.3 is 5.69 Å². The molecule has 90 valence electrons. The number of alkyl halides is 1. The predicted molar refractivity (Wildman–Crippen MR) is 65.2 cm³/mol. The summed E-state index contributed by atoms with van der Waals surface area (Å²) in [5.41, 5.74) is -0.577. The SMILES string of the molecule is CC(Br)c1nnc2c(n1)c(=O)n(C)c(=O)n2C. The van der Waals surface area contributed by atoms with E-state index < -0.39 is 11.2 Å². The molecule has 0 aliphatic rings. The van der Waals surface area contributed by atoms with Crippen LogP contribution in [-0.4, -0.2) is 24.3 Å². The maximum Gasteiger partial charge on any atom is 0.332 e. The molecule has 0 N–H and O–H groups in total. The number of halogens is 1. The Morgan fingerprint density at radius 1 is 1.18 bits per heavy atom. The lowest BCUT2D eigenvalue weighted by molar-refractivity contribution is 0.692. The van der Waals surface area contributed by atoms with Gasteiger partial charge in [-0.3, -0.25) is 13.9 Å². The van der Waals surface area contributed by atoms with Gasteiger partial charge in [0.15, 0.2) is 17.0 Å². The van der Waals surface area contributed by atoms with E-state index in [0.29, 0.717) is 5.82 Å². The fourth-order valence-electron chi connectivity index (χ4n) is 1.43. The van der Waals surface area contributed by atoms with Crippen LogP contribution in [0.5, 0.6) is 0 Å². The molecule has 0 aliphatic heterocycles. The first-order chi connectivity index (χ1) is 7.93. The van der Waals surface area contributed by atoms with Crippen LogP contribution in [0, 0.1) is 0 Å². The van der Waals surface area contributed by atoms with Gasteiger partial charge in [0.05, 0.1) is 4.83 Å². The summed E-state index contributed by atoms with van der Waals surface area (Å²) < 4.78 is 2.25.